The Hall–Kier alpha value is -3.63. The number of nitrogens with one attached hydrogen (secondary N) is 3. The Morgan fingerprint density at radius 2 is 1.87 bits per heavy atom. The van der Waals surface area contributed by atoms with E-state index in [1.165, 1.54) is 6.41 Å². The summed E-state index contributed by atoms with van der Waals surface area (Å²) in [7, 11) is 0. The first-order valence-corrected chi connectivity index (χ1v) is 7.02. The third-order valence-electron chi connectivity index (χ3n) is 2.44. The fraction of sp³-hybridized carbons (Fsp3) is 0.312. The van der Waals surface area contributed by atoms with Crippen molar-refractivity contribution in [2.45, 2.75) is 19.9 Å². The topological polar surface area (TPSA) is 87.3 Å². The molecule has 1 aromatic carbocycles. The molecule has 3 N–H and O–H groups in total. The largest absolute Gasteiger partial charge is 0.522 e. The van der Waals surface area contributed by atoms with Crippen molar-refractivity contribution in [1.29, 1.82) is 0 Å². The summed E-state index contributed by atoms with van der Waals surface area (Å²) in [6.45, 7) is 7.58. The van der Waals surface area contributed by atoms with E-state index in [9.17, 15) is 14.4 Å². The second kappa shape index (κ2) is 13.4. The van der Waals surface area contributed by atoms with E-state index in [0.29, 0.717) is 12.1 Å². The fourth-order valence-electron chi connectivity index (χ4n) is 1.55. The van der Waals surface area contributed by atoms with Gasteiger partial charge in [-0.2, -0.15) is 6.41 Å². The Bertz CT molecular complexity index is 481. The zero-order valence-electron chi connectivity index (χ0n) is 13.2. The second-order valence-corrected chi connectivity index (χ2v) is 3.90. The van der Waals surface area contributed by atoms with Gasteiger partial charge in [0.2, 0.25) is 11.8 Å². The van der Waals surface area contributed by atoms with Crippen LogP contribution in [0.1, 0.15) is 25.5 Å². The average Bonchev–Trinajstić information content (AvgIpc) is 2.58. The molecule has 23 heavy (non-hydrogen) atoms. The van der Waals surface area contributed by atoms with Gasteiger partial charge in [0.05, 0.1) is 6.54 Å². The van der Waals surface area contributed by atoms with Gasteiger partial charge in [0, 0.05) is 6.54 Å². The van der Waals surface area contributed by atoms with Gasteiger partial charge in [-0.1, -0.05) is 50.3 Å². The minimum atomic E-state index is -0.822. The smallest absolute Gasteiger partial charge is 0.247 e. The number of carbonyl (C=O) groups is 2. The quantitative estimate of drug-likeness (QED) is 0.250. The molecular formula is C16H22FmN3O3-. The Labute approximate surface area is 131 Å². The van der Waals surface area contributed by atoms with E-state index < -0.39 is 11.9 Å². The predicted octanol–water partition coefficient (Wildman–Crippen LogP) is 0.829. The number of hydrogen-bond donors (Lipinski definition) is 3. The maximum Gasteiger partial charge on any atom is 0.247 e. The molecule has 1 atom stereocenters. The molecule has 0 heterocycles. The number of benzene rings is 1. The zero-order valence-corrected chi connectivity index (χ0v) is 15.6. The maximum atomic E-state index is 12.0. The van der Waals surface area contributed by atoms with Gasteiger partial charge in [-0.05, 0) is 5.56 Å². The van der Waals surface area contributed by atoms with E-state index in [2.05, 4.69) is 22.5 Å². The minimum absolute atomic E-state index is 0. The first kappa shape index (κ1) is 21.7. The van der Waals surface area contributed by atoms with Crippen LogP contribution in [0.3, 0.4) is 0 Å². The van der Waals surface area contributed by atoms with Crippen LogP contribution in [0, 0.1) is 0 Å². The van der Waals surface area contributed by atoms with Crippen LogP contribution in [0.25, 0.3) is 0 Å². The molecule has 1 aromatic rings. The van der Waals surface area contributed by atoms with Gasteiger partial charge in [-0.15, -0.1) is 6.58 Å². The van der Waals surface area contributed by atoms with E-state index in [4.69, 9.17) is 0 Å². The van der Waals surface area contributed by atoms with Crippen LogP contribution >= 0.6 is 0 Å². The molecule has 0 aromatic heterocycles. The summed E-state index contributed by atoms with van der Waals surface area (Å²) in [5, 5.41) is 7.29. The van der Waals surface area contributed by atoms with Gasteiger partial charge in [0.15, 0.2) is 0 Å². The summed E-state index contributed by atoms with van der Waals surface area (Å²) < 4.78 is 0. The minimum Gasteiger partial charge on any atom is -0.522 e. The summed E-state index contributed by atoms with van der Waals surface area (Å²) >= 11 is 0. The Morgan fingerprint density at radius 3 is 2.39 bits per heavy atom. The second-order valence-electron chi connectivity index (χ2n) is 3.90. The summed E-state index contributed by atoms with van der Waals surface area (Å²) in [4.78, 5) is 33.7. The van der Waals surface area contributed by atoms with E-state index >= 15 is 0 Å². The molecule has 7 heteroatoms. The molecule has 0 radical (unpaired) electrons. The van der Waals surface area contributed by atoms with Crippen molar-refractivity contribution < 1.29 is 14.4 Å². The maximum absolute atomic E-state index is 12.0. The van der Waals surface area contributed by atoms with Gasteiger partial charge in [0.25, 0.3) is 0 Å². The van der Waals surface area contributed by atoms with E-state index in [1.54, 1.807) is 30.3 Å². The summed E-state index contributed by atoms with van der Waals surface area (Å²) in [5.74, 6) is -0.824. The Kier molecular flexibility index (Phi) is 12.6. The van der Waals surface area contributed by atoms with Crippen LogP contribution < -0.4 is 16.0 Å². The molecule has 0 bridgehead atoms. The third kappa shape index (κ3) is 8.29. The molecule has 132 valence electrons. The molecular weight excluding hydrogens is 539 g/mol. The molecule has 0 fully saturated rings. The predicted molar refractivity (Wildman–Crippen MR) is 85.6 cm³/mol. The van der Waals surface area contributed by atoms with Crippen molar-refractivity contribution in [3.63, 3.8) is 0 Å². The van der Waals surface area contributed by atoms with Crippen LogP contribution in [-0.2, 0) is 14.4 Å². The van der Waals surface area contributed by atoms with Crippen molar-refractivity contribution in [3.8, 4) is 0 Å². The molecule has 1 rings (SSSR count). The van der Waals surface area contributed by atoms with Gasteiger partial charge in [0.1, 0.15) is 6.04 Å². The number of hydrogen-bond acceptors (Lipinski definition) is 3. The van der Waals surface area contributed by atoms with E-state index in [1.807, 2.05) is 19.9 Å². The number of rotatable bonds is 8. The summed E-state index contributed by atoms with van der Waals surface area (Å²) in [6.07, 6.45) is 2.95. The Morgan fingerprint density at radius 1 is 1.26 bits per heavy atom. The van der Waals surface area contributed by atoms with Crippen molar-refractivity contribution in [1.82, 2.24) is 16.0 Å². The fourth-order valence-corrected chi connectivity index (χ4v) is 1.55. The van der Waals surface area contributed by atoms with Crippen molar-refractivity contribution >= 4 is 18.2 Å². The molecule has 1 unspecified atom stereocenters. The number of carbonyl (C=O) groups excluding carboxylic acids is 3. The summed E-state index contributed by atoms with van der Waals surface area (Å²) in [6, 6.07) is 8.00. The SMILES string of the molecule is C=CCNC(=O)C(NC(=O)CN[C-]=O)c1ccccc1.CC.[Fm]. The van der Waals surface area contributed by atoms with Gasteiger partial charge >= 0.3 is 0 Å². The zero-order chi connectivity index (χ0) is 16.8. The van der Waals surface area contributed by atoms with E-state index in [0.717, 1.165) is 0 Å². The first-order valence-electron chi connectivity index (χ1n) is 7.02. The van der Waals surface area contributed by atoms with Crippen LogP contribution in [0.4, 0.5) is 0 Å². The van der Waals surface area contributed by atoms with Crippen LogP contribution in [0.15, 0.2) is 43.0 Å². The molecule has 0 aliphatic carbocycles. The van der Waals surface area contributed by atoms with Crippen LogP contribution in [-0.4, -0.2) is 31.3 Å². The van der Waals surface area contributed by atoms with Crippen molar-refractivity contribution in [2.75, 3.05) is 13.1 Å². The van der Waals surface area contributed by atoms with Crippen molar-refractivity contribution in [3.05, 3.63) is 48.6 Å². The molecule has 0 aliphatic rings. The Balaban J connectivity index is 0. The van der Waals surface area contributed by atoms with Gasteiger partial charge in [-0.3, -0.25) is 9.59 Å². The van der Waals surface area contributed by atoms with Crippen LogP contribution in [0.2, 0.25) is 0 Å². The molecule has 0 saturated heterocycles. The standard InChI is InChI=1S/C14H16N3O3.C2H6.Fm/c1-2-8-16-14(20)13(11-6-4-3-5-7-11)17-12(19)9-15-10-18;1-2;/h2-7,13H,1,8-9H2,(H,15,18)(H,16,20)(H,17,19);1-2H3;/q-1;;. The summed E-state index contributed by atoms with van der Waals surface area (Å²) in [5.41, 5.74) is 0.650. The van der Waals surface area contributed by atoms with Gasteiger partial charge < -0.3 is 20.7 Å². The van der Waals surface area contributed by atoms with Crippen molar-refractivity contribution in [2.24, 2.45) is 0 Å². The monoisotopic (exact) mass is 561 g/mol. The molecule has 0 spiro atoms. The van der Waals surface area contributed by atoms with Crippen LogP contribution in [0.5, 0.6) is 0 Å². The average molecular weight is 561 g/mol. The van der Waals surface area contributed by atoms with E-state index in [-0.39, 0.29) is 12.5 Å². The molecule has 0 aliphatic heterocycles. The third-order valence-corrected chi connectivity index (χ3v) is 2.44. The molecule has 0 saturated carbocycles. The van der Waals surface area contributed by atoms with Gasteiger partial charge in [-0.25, -0.2) is 0 Å². The number of amides is 3. The first-order chi connectivity index (χ1) is 10.7. The normalized spacial score (nSPS) is 9.83. The molecule has 6 nitrogen and oxygen atoms in total. The molecule has 3 amide bonds.